The van der Waals surface area contributed by atoms with E-state index in [0.717, 1.165) is 24.9 Å². The number of phenolic OH excluding ortho intramolecular Hbond substituents is 1. The average Bonchev–Trinajstić information content (AvgIpc) is 3.09. The first kappa shape index (κ1) is 14.9. The van der Waals surface area contributed by atoms with Crippen LogP contribution in [0.2, 0.25) is 0 Å². The van der Waals surface area contributed by atoms with Gasteiger partial charge < -0.3 is 10.4 Å². The number of likely N-dealkylation sites (tertiary alicyclic amines) is 1. The molecule has 1 saturated heterocycles. The minimum absolute atomic E-state index is 0.413. The summed E-state index contributed by atoms with van der Waals surface area (Å²) in [5, 5.41) is 13.7. The number of rotatable bonds is 5. The van der Waals surface area contributed by atoms with Gasteiger partial charge in [-0.2, -0.15) is 0 Å². The highest BCUT2D eigenvalue weighted by atomic mass is 16.3. The van der Waals surface area contributed by atoms with Crippen molar-refractivity contribution in [2.24, 2.45) is 5.92 Å². The summed E-state index contributed by atoms with van der Waals surface area (Å²) in [6, 6.07) is 6.99. The van der Waals surface area contributed by atoms with Crippen molar-refractivity contribution < 1.29 is 5.11 Å². The van der Waals surface area contributed by atoms with E-state index < -0.39 is 0 Å². The summed E-state index contributed by atoms with van der Waals surface area (Å²) < 4.78 is 0. The third-order valence-electron chi connectivity index (χ3n) is 5.20. The predicted octanol–water partition coefficient (Wildman–Crippen LogP) is 3.09. The molecule has 1 fully saturated rings. The Bertz CT molecular complexity index is 480. The maximum atomic E-state index is 9.95. The fourth-order valence-electron chi connectivity index (χ4n) is 3.97. The first-order valence-electron chi connectivity index (χ1n) is 8.45. The molecule has 1 aromatic rings. The highest BCUT2D eigenvalue weighted by Gasteiger charge is 2.28. The molecular weight excluding hydrogens is 260 g/mol. The molecule has 0 spiro atoms. The van der Waals surface area contributed by atoms with Crippen LogP contribution in [0.15, 0.2) is 18.2 Å². The van der Waals surface area contributed by atoms with Crippen molar-refractivity contribution >= 4 is 0 Å². The molecule has 2 N–H and O–H groups in total. The lowest BCUT2D eigenvalue weighted by molar-refractivity contribution is 0.182. The smallest absolute Gasteiger partial charge is 0.119 e. The number of hydrogen-bond acceptors (Lipinski definition) is 3. The summed E-state index contributed by atoms with van der Waals surface area (Å²) in [5.41, 5.74) is 2.45. The van der Waals surface area contributed by atoms with Gasteiger partial charge in [-0.25, -0.2) is 0 Å². The van der Waals surface area contributed by atoms with Gasteiger partial charge in [0.15, 0.2) is 0 Å². The Morgan fingerprint density at radius 3 is 2.76 bits per heavy atom. The monoisotopic (exact) mass is 288 g/mol. The van der Waals surface area contributed by atoms with E-state index in [4.69, 9.17) is 0 Å². The van der Waals surface area contributed by atoms with E-state index in [9.17, 15) is 5.11 Å². The minimum atomic E-state index is 0.413. The molecule has 0 aromatic heterocycles. The van der Waals surface area contributed by atoms with E-state index in [0.29, 0.717) is 23.8 Å². The summed E-state index contributed by atoms with van der Waals surface area (Å²) in [6.07, 6.45) is 4.81. The number of nitrogens with one attached hydrogen (secondary N) is 1. The lowest BCUT2D eigenvalue weighted by Gasteiger charge is -2.32. The van der Waals surface area contributed by atoms with Crippen LogP contribution < -0.4 is 5.32 Å². The van der Waals surface area contributed by atoms with E-state index in [-0.39, 0.29) is 0 Å². The molecule has 1 aromatic carbocycles. The van der Waals surface area contributed by atoms with Gasteiger partial charge in [0.1, 0.15) is 5.75 Å². The zero-order valence-corrected chi connectivity index (χ0v) is 13.3. The number of nitrogens with zero attached hydrogens (tertiary/aromatic N) is 1. The first-order chi connectivity index (χ1) is 10.2. The average molecular weight is 288 g/mol. The maximum Gasteiger partial charge on any atom is 0.119 e. The number of hydrogen-bond donors (Lipinski definition) is 2. The topological polar surface area (TPSA) is 35.5 Å². The SMILES string of the molecule is CC(C)C(CNC1CCc2c(O)cccc21)N1CCCC1. The molecule has 3 rings (SSSR count). The molecule has 116 valence electrons. The normalized spacial score (nSPS) is 23.7. The van der Waals surface area contributed by atoms with Crippen LogP contribution in [-0.2, 0) is 6.42 Å². The predicted molar refractivity (Wildman–Crippen MR) is 86.6 cm³/mol. The molecule has 2 aliphatic rings. The molecule has 3 nitrogen and oxygen atoms in total. The summed E-state index contributed by atoms with van der Waals surface area (Å²) >= 11 is 0. The van der Waals surface area contributed by atoms with Gasteiger partial charge in [-0.1, -0.05) is 26.0 Å². The van der Waals surface area contributed by atoms with Crippen LogP contribution in [0, 0.1) is 5.92 Å². The molecular formula is C18H28N2O. The number of fused-ring (bicyclic) bond motifs is 1. The fourth-order valence-corrected chi connectivity index (χ4v) is 3.97. The highest BCUT2D eigenvalue weighted by Crippen LogP contribution is 2.36. The lowest BCUT2D eigenvalue weighted by atomic mass is 10.0. The van der Waals surface area contributed by atoms with E-state index in [1.165, 1.54) is 31.5 Å². The second-order valence-electron chi connectivity index (χ2n) is 6.90. The molecule has 0 amide bonds. The van der Waals surface area contributed by atoms with Crippen molar-refractivity contribution in [2.45, 2.75) is 51.6 Å². The molecule has 2 unspecified atom stereocenters. The molecule has 2 atom stereocenters. The van der Waals surface area contributed by atoms with Gasteiger partial charge in [0, 0.05) is 18.6 Å². The third-order valence-corrected chi connectivity index (χ3v) is 5.20. The molecule has 1 aliphatic heterocycles. The third kappa shape index (κ3) is 3.09. The van der Waals surface area contributed by atoms with E-state index in [1.807, 2.05) is 12.1 Å². The van der Waals surface area contributed by atoms with Gasteiger partial charge in [-0.05, 0) is 61.9 Å². The quantitative estimate of drug-likeness (QED) is 0.874. The van der Waals surface area contributed by atoms with Crippen LogP contribution in [0.1, 0.15) is 50.3 Å². The fraction of sp³-hybridized carbons (Fsp3) is 0.667. The summed E-state index contributed by atoms with van der Waals surface area (Å²) in [5.74, 6) is 1.15. The van der Waals surface area contributed by atoms with Gasteiger partial charge in [0.05, 0.1) is 0 Å². The Kier molecular flexibility index (Phi) is 4.51. The zero-order chi connectivity index (χ0) is 14.8. The van der Waals surface area contributed by atoms with Crippen LogP contribution in [0.25, 0.3) is 0 Å². The van der Waals surface area contributed by atoms with Crippen molar-refractivity contribution in [1.29, 1.82) is 0 Å². The lowest BCUT2D eigenvalue weighted by Crippen LogP contribution is -2.44. The van der Waals surface area contributed by atoms with Gasteiger partial charge >= 0.3 is 0 Å². The van der Waals surface area contributed by atoms with Crippen molar-refractivity contribution in [1.82, 2.24) is 10.2 Å². The van der Waals surface area contributed by atoms with Gasteiger partial charge in [0.2, 0.25) is 0 Å². The summed E-state index contributed by atoms with van der Waals surface area (Å²) in [4.78, 5) is 2.65. The number of benzene rings is 1. The minimum Gasteiger partial charge on any atom is -0.508 e. The van der Waals surface area contributed by atoms with E-state index in [2.05, 4.69) is 30.1 Å². The van der Waals surface area contributed by atoms with Crippen LogP contribution in [-0.4, -0.2) is 35.7 Å². The Balaban J connectivity index is 1.64. The Morgan fingerprint density at radius 1 is 1.29 bits per heavy atom. The number of aromatic hydroxyl groups is 1. The van der Waals surface area contributed by atoms with Gasteiger partial charge in [-0.3, -0.25) is 4.90 Å². The van der Waals surface area contributed by atoms with Crippen LogP contribution >= 0.6 is 0 Å². The van der Waals surface area contributed by atoms with Crippen LogP contribution in [0.5, 0.6) is 5.75 Å². The standard InChI is InChI=1S/C18H28N2O/c1-13(2)17(20-10-3-4-11-20)12-19-16-9-8-15-14(16)6-5-7-18(15)21/h5-7,13,16-17,19,21H,3-4,8-12H2,1-2H3. The van der Waals surface area contributed by atoms with E-state index in [1.54, 1.807) is 0 Å². The second kappa shape index (κ2) is 6.37. The molecule has 0 bridgehead atoms. The number of phenols is 1. The largest absolute Gasteiger partial charge is 0.508 e. The Morgan fingerprint density at radius 2 is 2.05 bits per heavy atom. The van der Waals surface area contributed by atoms with Crippen molar-refractivity contribution in [2.75, 3.05) is 19.6 Å². The molecule has 1 heterocycles. The van der Waals surface area contributed by atoms with Crippen LogP contribution in [0.4, 0.5) is 0 Å². The Hall–Kier alpha value is -1.06. The second-order valence-corrected chi connectivity index (χ2v) is 6.90. The van der Waals surface area contributed by atoms with Gasteiger partial charge in [-0.15, -0.1) is 0 Å². The maximum absolute atomic E-state index is 9.95. The molecule has 1 aliphatic carbocycles. The Labute approximate surface area is 128 Å². The summed E-state index contributed by atoms with van der Waals surface area (Å²) in [7, 11) is 0. The van der Waals surface area contributed by atoms with Crippen molar-refractivity contribution in [3.63, 3.8) is 0 Å². The van der Waals surface area contributed by atoms with Crippen molar-refractivity contribution in [3.8, 4) is 5.75 Å². The molecule has 0 saturated carbocycles. The summed E-state index contributed by atoms with van der Waals surface area (Å²) in [6.45, 7) is 8.23. The van der Waals surface area contributed by atoms with Gasteiger partial charge in [0.25, 0.3) is 0 Å². The molecule has 21 heavy (non-hydrogen) atoms. The zero-order valence-electron chi connectivity index (χ0n) is 13.3. The van der Waals surface area contributed by atoms with Crippen LogP contribution in [0.3, 0.4) is 0 Å². The molecule has 0 radical (unpaired) electrons. The molecule has 3 heteroatoms. The highest BCUT2D eigenvalue weighted by molar-refractivity contribution is 5.44. The van der Waals surface area contributed by atoms with Crippen molar-refractivity contribution in [3.05, 3.63) is 29.3 Å². The first-order valence-corrected chi connectivity index (χ1v) is 8.45. The van der Waals surface area contributed by atoms with E-state index >= 15 is 0 Å².